The number of rotatable bonds is 12. The van der Waals surface area contributed by atoms with Gasteiger partial charge in [-0.1, -0.05) is 48.2 Å². The van der Waals surface area contributed by atoms with Crippen LogP contribution in [0.4, 0.5) is 4.79 Å². The second-order valence-corrected chi connectivity index (χ2v) is 10.7. The average molecular weight is 522 g/mol. The maximum Gasteiger partial charge on any atom is 0.407 e. The summed E-state index contributed by atoms with van der Waals surface area (Å²) in [4.78, 5) is 12.7. The van der Waals surface area contributed by atoms with Crippen molar-refractivity contribution in [3.8, 4) is 17.9 Å². The minimum Gasteiger partial charge on any atom is -0.441 e. The Morgan fingerprint density at radius 3 is 2.43 bits per heavy atom. The minimum atomic E-state index is -1.29. The van der Waals surface area contributed by atoms with Crippen LogP contribution in [0.15, 0.2) is 48.5 Å². The Kier molecular flexibility index (Phi) is 11.4. The topological polar surface area (TPSA) is 83.8 Å². The number of nitrogens with one attached hydrogen (secondary N) is 1. The van der Waals surface area contributed by atoms with Gasteiger partial charge in [-0.25, -0.2) is 9.46 Å². The zero-order chi connectivity index (χ0) is 26.6. The fourth-order valence-electron chi connectivity index (χ4n) is 4.15. The molecule has 37 heavy (non-hydrogen) atoms. The van der Waals surface area contributed by atoms with Crippen LogP contribution in [0.2, 0.25) is 0 Å². The van der Waals surface area contributed by atoms with Gasteiger partial charge in [0.2, 0.25) is 0 Å². The van der Waals surface area contributed by atoms with Crippen LogP contribution < -0.4 is 5.32 Å². The first-order valence-electron chi connectivity index (χ1n) is 12.7. The van der Waals surface area contributed by atoms with Crippen LogP contribution in [-0.4, -0.2) is 42.6 Å². The van der Waals surface area contributed by atoms with Crippen molar-refractivity contribution >= 4 is 14.6 Å². The van der Waals surface area contributed by atoms with E-state index in [-0.39, 0.29) is 12.1 Å². The van der Waals surface area contributed by atoms with Crippen molar-refractivity contribution in [2.24, 2.45) is 0 Å². The third-order valence-electron chi connectivity index (χ3n) is 5.77. The Morgan fingerprint density at radius 2 is 1.70 bits per heavy atom. The van der Waals surface area contributed by atoms with Gasteiger partial charge in [0, 0.05) is 41.7 Å². The normalized spacial score (nSPS) is 15.0. The Hall–Kier alpha value is -2.93. The molecule has 2 unspecified atom stereocenters. The smallest absolute Gasteiger partial charge is 0.407 e. The molecule has 1 N–H and O–H groups in total. The number of hydrogen-bond donors (Lipinski definition) is 1. The van der Waals surface area contributed by atoms with Gasteiger partial charge in [0.1, 0.15) is 6.10 Å². The van der Waals surface area contributed by atoms with E-state index in [0.717, 1.165) is 22.3 Å². The molecule has 0 bridgehead atoms. The summed E-state index contributed by atoms with van der Waals surface area (Å²) in [6.45, 7) is 9.56. The van der Waals surface area contributed by atoms with E-state index in [1.54, 1.807) is 0 Å². The van der Waals surface area contributed by atoms with Crippen LogP contribution in [-0.2, 0) is 20.2 Å². The zero-order valence-electron chi connectivity index (χ0n) is 22.1. The second-order valence-electron chi connectivity index (χ2n) is 9.25. The molecule has 0 spiro atoms. The van der Waals surface area contributed by atoms with E-state index in [0.29, 0.717) is 39.0 Å². The van der Waals surface area contributed by atoms with Crippen LogP contribution in [0.1, 0.15) is 68.9 Å². The molecule has 0 saturated heterocycles. The van der Waals surface area contributed by atoms with Crippen molar-refractivity contribution in [1.29, 1.82) is 5.26 Å². The third kappa shape index (κ3) is 8.56. The molecule has 0 aromatic heterocycles. The summed E-state index contributed by atoms with van der Waals surface area (Å²) in [5.74, 6) is 6.47. The van der Waals surface area contributed by atoms with Gasteiger partial charge in [-0.3, -0.25) is 0 Å². The minimum absolute atomic E-state index is 0.239. The SMILES string of the molecule is CC(C)N(C(C)C)P(OCCC#N)OCCCNC(=O)OC1Cc2ccccc2C#Cc2ccccc21. The third-order valence-corrected chi connectivity index (χ3v) is 7.87. The molecule has 1 aliphatic rings. The quantitative estimate of drug-likeness (QED) is 0.207. The van der Waals surface area contributed by atoms with Crippen LogP contribution in [0, 0.1) is 23.2 Å². The van der Waals surface area contributed by atoms with E-state index in [1.165, 1.54) is 0 Å². The first-order valence-corrected chi connectivity index (χ1v) is 13.9. The summed E-state index contributed by atoms with van der Waals surface area (Å²) >= 11 is 0. The Morgan fingerprint density at radius 1 is 1.05 bits per heavy atom. The highest BCUT2D eigenvalue weighted by atomic mass is 31.2. The molecule has 1 amide bonds. The lowest BCUT2D eigenvalue weighted by molar-refractivity contribution is 0.0968. The number of benzene rings is 2. The number of amides is 1. The largest absolute Gasteiger partial charge is 0.441 e. The maximum absolute atomic E-state index is 12.7. The summed E-state index contributed by atoms with van der Waals surface area (Å²) in [6.07, 6.45) is 0.581. The first kappa shape index (κ1) is 28.6. The molecule has 0 aliphatic heterocycles. The molecule has 2 aromatic carbocycles. The lowest BCUT2D eigenvalue weighted by Crippen LogP contribution is -2.34. The summed E-state index contributed by atoms with van der Waals surface area (Å²) in [5.41, 5.74) is 3.78. The van der Waals surface area contributed by atoms with Gasteiger partial charge in [0.25, 0.3) is 8.53 Å². The van der Waals surface area contributed by atoms with Crippen molar-refractivity contribution in [2.75, 3.05) is 19.8 Å². The van der Waals surface area contributed by atoms with Gasteiger partial charge < -0.3 is 19.1 Å². The van der Waals surface area contributed by atoms with Crippen molar-refractivity contribution in [2.45, 2.75) is 65.1 Å². The highest BCUT2D eigenvalue weighted by Crippen LogP contribution is 2.46. The highest BCUT2D eigenvalue weighted by molar-refractivity contribution is 7.44. The fraction of sp³-hybridized carbons (Fsp3) is 0.448. The summed E-state index contributed by atoms with van der Waals surface area (Å²) in [6, 6.07) is 18.3. The average Bonchev–Trinajstić information content (AvgIpc) is 2.86. The summed E-state index contributed by atoms with van der Waals surface area (Å²) in [7, 11) is -1.29. The lowest BCUT2D eigenvalue weighted by atomic mass is 9.92. The number of hydrogen-bond acceptors (Lipinski definition) is 6. The maximum atomic E-state index is 12.7. The first-order chi connectivity index (χ1) is 17.9. The molecule has 0 saturated carbocycles. The van der Waals surface area contributed by atoms with E-state index < -0.39 is 20.7 Å². The van der Waals surface area contributed by atoms with Gasteiger partial charge in [-0.15, -0.1) is 0 Å². The van der Waals surface area contributed by atoms with E-state index in [2.05, 4.69) is 55.6 Å². The van der Waals surface area contributed by atoms with Crippen LogP contribution in [0.25, 0.3) is 0 Å². The number of alkyl carbamates (subject to hydrolysis) is 1. The number of nitriles is 1. The van der Waals surface area contributed by atoms with Crippen molar-refractivity contribution in [3.63, 3.8) is 0 Å². The van der Waals surface area contributed by atoms with Gasteiger partial charge in [0.15, 0.2) is 0 Å². The molecule has 0 heterocycles. The monoisotopic (exact) mass is 521 g/mol. The van der Waals surface area contributed by atoms with E-state index in [9.17, 15) is 4.79 Å². The Labute approximate surface area is 222 Å². The number of carbonyl (C=O) groups is 1. The molecule has 8 heteroatoms. The molecule has 7 nitrogen and oxygen atoms in total. The molecule has 1 aliphatic carbocycles. The van der Waals surface area contributed by atoms with Gasteiger partial charge in [-0.05, 0) is 51.8 Å². The number of ether oxygens (including phenoxy) is 1. The highest BCUT2D eigenvalue weighted by Gasteiger charge is 2.27. The Bertz CT molecular complexity index is 1130. The Balaban J connectivity index is 1.54. The van der Waals surface area contributed by atoms with Gasteiger partial charge in [-0.2, -0.15) is 5.26 Å². The van der Waals surface area contributed by atoms with Gasteiger partial charge in [0.05, 0.1) is 25.7 Å². The standard InChI is InChI=1S/C29H36N3O4P/c1-22(2)32(23(3)4)37(34-19-9-17-30)35-20-10-18-31-29(33)36-28-21-26-13-6-5-11-24(26)15-16-25-12-7-8-14-27(25)28/h5-8,11-14,22-23,28H,9-10,18-21H2,1-4H3,(H,31,33). The molecular weight excluding hydrogens is 485 g/mol. The fourth-order valence-corrected chi connectivity index (χ4v) is 5.78. The lowest BCUT2D eigenvalue weighted by Gasteiger charge is -2.35. The van der Waals surface area contributed by atoms with E-state index in [1.807, 2.05) is 48.5 Å². The number of nitrogens with zero attached hydrogens (tertiary/aromatic N) is 2. The van der Waals surface area contributed by atoms with Crippen molar-refractivity contribution in [1.82, 2.24) is 9.99 Å². The van der Waals surface area contributed by atoms with Crippen LogP contribution >= 0.6 is 8.53 Å². The molecular formula is C29H36N3O4P. The molecule has 3 rings (SSSR count). The summed E-state index contributed by atoms with van der Waals surface area (Å²) < 4.78 is 20.0. The van der Waals surface area contributed by atoms with Gasteiger partial charge >= 0.3 is 6.09 Å². The molecule has 2 atom stereocenters. The van der Waals surface area contributed by atoms with Crippen LogP contribution in [0.3, 0.4) is 0 Å². The number of carbonyl (C=O) groups excluding carboxylic acids is 1. The summed E-state index contributed by atoms with van der Waals surface area (Å²) in [5, 5.41) is 11.7. The number of fused-ring (bicyclic) bond motifs is 2. The molecule has 0 radical (unpaired) electrons. The van der Waals surface area contributed by atoms with E-state index >= 15 is 0 Å². The second kappa shape index (κ2) is 14.7. The van der Waals surface area contributed by atoms with Crippen molar-refractivity contribution < 1.29 is 18.6 Å². The van der Waals surface area contributed by atoms with Crippen LogP contribution in [0.5, 0.6) is 0 Å². The molecule has 196 valence electrons. The zero-order valence-corrected chi connectivity index (χ0v) is 23.0. The molecule has 0 fully saturated rings. The molecule has 2 aromatic rings. The van der Waals surface area contributed by atoms with E-state index in [4.69, 9.17) is 19.0 Å². The predicted molar refractivity (Wildman–Crippen MR) is 146 cm³/mol. The predicted octanol–water partition coefficient (Wildman–Crippen LogP) is 6.09. The van der Waals surface area contributed by atoms with Crippen molar-refractivity contribution in [3.05, 3.63) is 70.8 Å².